The molecule has 2 atom stereocenters. The number of carbonyl (C=O) groups is 1. The van der Waals surface area contributed by atoms with Crippen molar-refractivity contribution in [2.45, 2.75) is 44.4 Å². The zero-order chi connectivity index (χ0) is 21.2. The van der Waals surface area contributed by atoms with Gasteiger partial charge in [-0.25, -0.2) is 0 Å². The van der Waals surface area contributed by atoms with Gasteiger partial charge in [0, 0.05) is 35.6 Å². The van der Waals surface area contributed by atoms with Gasteiger partial charge in [0.1, 0.15) is 0 Å². The van der Waals surface area contributed by atoms with E-state index in [4.69, 9.17) is 0 Å². The summed E-state index contributed by atoms with van der Waals surface area (Å²) >= 11 is 0. The highest BCUT2D eigenvalue weighted by molar-refractivity contribution is 6.10. The summed E-state index contributed by atoms with van der Waals surface area (Å²) in [6, 6.07) is 23.0. The van der Waals surface area contributed by atoms with Gasteiger partial charge in [-0.05, 0) is 49.2 Å². The number of aliphatic hydroxyl groups is 1. The number of amides is 1. The second-order valence-corrected chi connectivity index (χ2v) is 8.83. The number of hydrogen-bond acceptors (Lipinski definition) is 3. The minimum atomic E-state index is -0.876. The molecule has 0 aliphatic carbocycles. The number of rotatable bonds is 6. The molecular formula is C27H30N2O2. The van der Waals surface area contributed by atoms with Crippen molar-refractivity contribution in [3.8, 4) is 0 Å². The number of aryl methyl sites for hydroxylation is 1. The normalized spacial score (nSPS) is 21.6. The summed E-state index contributed by atoms with van der Waals surface area (Å²) in [5.41, 5.74) is 2.93. The van der Waals surface area contributed by atoms with Crippen LogP contribution in [0.2, 0.25) is 0 Å². The fourth-order valence-corrected chi connectivity index (χ4v) is 5.32. The van der Waals surface area contributed by atoms with Crippen LogP contribution in [0.25, 0.3) is 10.8 Å². The average molecular weight is 415 g/mol. The van der Waals surface area contributed by atoms with Gasteiger partial charge in [-0.1, -0.05) is 67.1 Å². The van der Waals surface area contributed by atoms with Crippen molar-refractivity contribution in [1.29, 1.82) is 0 Å². The second kappa shape index (κ2) is 8.81. The highest BCUT2D eigenvalue weighted by Gasteiger charge is 2.33. The third-order valence-corrected chi connectivity index (χ3v) is 6.99. The first-order chi connectivity index (χ1) is 15.2. The van der Waals surface area contributed by atoms with E-state index in [-0.39, 0.29) is 5.91 Å². The largest absolute Gasteiger partial charge is 0.369 e. The van der Waals surface area contributed by atoms with Crippen LogP contribution < -0.4 is 0 Å². The molecule has 2 unspecified atom stereocenters. The maximum atomic E-state index is 13.2. The maximum Gasteiger partial charge on any atom is 0.256 e. The Morgan fingerprint density at radius 1 is 0.903 bits per heavy atom. The third kappa shape index (κ3) is 3.98. The molecule has 4 nitrogen and oxygen atoms in total. The molecule has 0 bridgehead atoms. The molecule has 0 spiro atoms. The second-order valence-electron chi connectivity index (χ2n) is 8.83. The van der Waals surface area contributed by atoms with E-state index in [2.05, 4.69) is 35.2 Å². The first-order valence-corrected chi connectivity index (χ1v) is 11.5. The summed E-state index contributed by atoms with van der Waals surface area (Å²) in [7, 11) is 0. The van der Waals surface area contributed by atoms with Crippen molar-refractivity contribution < 1.29 is 9.90 Å². The Bertz CT molecular complexity index is 1060. The summed E-state index contributed by atoms with van der Waals surface area (Å²) in [4.78, 5) is 17.4. The number of carbonyl (C=O) groups excluding carboxylic acids is 1. The van der Waals surface area contributed by atoms with E-state index in [1.807, 2.05) is 36.4 Å². The highest BCUT2D eigenvalue weighted by atomic mass is 16.3. The number of hydrogen-bond donors (Lipinski definition) is 1. The lowest BCUT2D eigenvalue weighted by Crippen LogP contribution is -2.47. The fourth-order valence-electron chi connectivity index (χ4n) is 5.32. The van der Waals surface area contributed by atoms with Crippen molar-refractivity contribution in [3.05, 3.63) is 83.4 Å². The van der Waals surface area contributed by atoms with E-state index >= 15 is 0 Å². The number of likely N-dealkylation sites (tertiary alicyclic amines) is 1. The fraction of sp³-hybridized carbons (Fsp3) is 0.370. The van der Waals surface area contributed by atoms with Crippen molar-refractivity contribution in [1.82, 2.24) is 9.80 Å². The van der Waals surface area contributed by atoms with Gasteiger partial charge in [0.15, 0.2) is 6.23 Å². The molecule has 0 saturated carbocycles. The van der Waals surface area contributed by atoms with Crippen molar-refractivity contribution >= 4 is 16.7 Å². The van der Waals surface area contributed by atoms with Gasteiger partial charge in [0.05, 0.1) is 0 Å². The van der Waals surface area contributed by atoms with Crippen LogP contribution in [0.5, 0.6) is 0 Å². The van der Waals surface area contributed by atoms with E-state index in [1.165, 1.54) is 24.8 Å². The van der Waals surface area contributed by atoms with E-state index in [9.17, 15) is 9.90 Å². The quantitative estimate of drug-likeness (QED) is 0.632. The molecule has 160 valence electrons. The molecule has 1 saturated heterocycles. The summed E-state index contributed by atoms with van der Waals surface area (Å²) in [5, 5.41) is 12.9. The summed E-state index contributed by atoms with van der Waals surface area (Å²) in [6.45, 7) is 2.43. The molecule has 4 heteroatoms. The van der Waals surface area contributed by atoms with Gasteiger partial charge in [0.25, 0.3) is 5.91 Å². The lowest BCUT2D eigenvalue weighted by atomic mass is 9.93. The highest BCUT2D eigenvalue weighted by Crippen LogP contribution is 2.35. The molecular weight excluding hydrogens is 384 g/mol. The zero-order valence-corrected chi connectivity index (χ0v) is 17.9. The lowest BCUT2D eigenvalue weighted by molar-refractivity contribution is -0.00260. The Labute approximate surface area is 184 Å². The van der Waals surface area contributed by atoms with Gasteiger partial charge in [-0.2, -0.15) is 0 Å². The first kappa shape index (κ1) is 20.2. The van der Waals surface area contributed by atoms with E-state index in [0.29, 0.717) is 18.2 Å². The maximum absolute atomic E-state index is 13.2. The molecule has 2 heterocycles. The molecule has 1 amide bonds. The van der Waals surface area contributed by atoms with Crippen molar-refractivity contribution in [2.75, 3.05) is 19.6 Å². The Kier molecular flexibility index (Phi) is 5.75. The number of piperidine rings is 1. The Morgan fingerprint density at radius 3 is 2.55 bits per heavy atom. The molecule has 1 fully saturated rings. The number of nitrogens with zero attached hydrogens (tertiary/aromatic N) is 2. The Morgan fingerprint density at radius 2 is 1.71 bits per heavy atom. The van der Waals surface area contributed by atoms with Crippen LogP contribution in [0.15, 0.2) is 66.7 Å². The lowest BCUT2D eigenvalue weighted by Gasteiger charge is -2.39. The molecule has 0 aromatic heterocycles. The molecule has 31 heavy (non-hydrogen) atoms. The smallest absolute Gasteiger partial charge is 0.256 e. The minimum Gasteiger partial charge on any atom is -0.369 e. The molecule has 1 N–H and O–H groups in total. The van der Waals surface area contributed by atoms with Gasteiger partial charge >= 0.3 is 0 Å². The van der Waals surface area contributed by atoms with Crippen LogP contribution >= 0.6 is 0 Å². The van der Waals surface area contributed by atoms with E-state index in [0.717, 1.165) is 42.3 Å². The molecule has 2 aliphatic rings. The summed E-state index contributed by atoms with van der Waals surface area (Å²) < 4.78 is 0. The summed E-state index contributed by atoms with van der Waals surface area (Å²) in [6.07, 6.45) is 5.05. The standard InChI is InChI=1S/C27H30N2O2/c30-26-23-13-6-10-21-11-7-14-24(25(21)23)27(31)29(26)19-18-28-17-5-4-12-22(28)16-15-20-8-2-1-3-9-20/h1-3,6-11,13-14,22,26,30H,4-5,12,15-19H2. The summed E-state index contributed by atoms with van der Waals surface area (Å²) in [5.74, 6) is -0.0605. The molecule has 5 rings (SSSR count). The van der Waals surface area contributed by atoms with Crippen LogP contribution in [-0.2, 0) is 6.42 Å². The van der Waals surface area contributed by atoms with E-state index in [1.54, 1.807) is 4.90 Å². The van der Waals surface area contributed by atoms with Crippen LogP contribution in [0.1, 0.15) is 53.4 Å². The van der Waals surface area contributed by atoms with Crippen LogP contribution in [-0.4, -0.2) is 46.5 Å². The number of aliphatic hydroxyl groups excluding tert-OH is 1. The van der Waals surface area contributed by atoms with Crippen LogP contribution in [0.3, 0.4) is 0 Å². The van der Waals surface area contributed by atoms with Crippen molar-refractivity contribution in [3.63, 3.8) is 0 Å². The minimum absolute atomic E-state index is 0.0605. The van der Waals surface area contributed by atoms with Gasteiger partial charge in [-0.15, -0.1) is 0 Å². The van der Waals surface area contributed by atoms with Gasteiger partial charge in [0.2, 0.25) is 0 Å². The van der Waals surface area contributed by atoms with Crippen molar-refractivity contribution in [2.24, 2.45) is 0 Å². The molecule has 0 radical (unpaired) electrons. The Hall–Kier alpha value is -2.69. The van der Waals surface area contributed by atoms with E-state index < -0.39 is 6.23 Å². The number of benzene rings is 3. The monoisotopic (exact) mass is 414 g/mol. The zero-order valence-electron chi connectivity index (χ0n) is 17.9. The molecule has 2 aliphatic heterocycles. The SMILES string of the molecule is O=C1c2cccc3cccc(c23)C(O)N1CCN1CCCCC1CCc1ccccc1. The molecule has 3 aromatic rings. The predicted octanol–water partition coefficient (Wildman–Crippen LogP) is 4.77. The average Bonchev–Trinajstić information content (AvgIpc) is 2.82. The van der Waals surface area contributed by atoms with Gasteiger partial charge in [-0.3, -0.25) is 9.69 Å². The predicted molar refractivity (Wildman–Crippen MR) is 124 cm³/mol. The van der Waals surface area contributed by atoms with Gasteiger partial charge < -0.3 is 10.0 Å². The van der Waals surface area contributed by atoms with Crippen LogP contribution in [0, 0.1) is 0 Å². The molecule has 3 aromatic carbocycles. The topological polar surface area (TPSA) is 43.8 Å². The first-order valence-electron chi connectivity index (χ1n) is 11.5. The van der Waals surface area contributed by atoms with Crippen LogP contribution in [0.4, 0.5) is 0 Å². The third-order valence-electron chi connectivity index (χ3n) is 6.99. The Balaban J connectivity index is 1.29.